The van der Waals surface area contributed by atoms with Crippen molar-refractivity contribution in [3.63, 3.8) is 0 Å². The number of anilines is 1. The summed E-state index contributed by atoms with van der Waals surface area (Å²) >= 11 is 0. The number of nitrogens with one attached hydrogen (secondary N) is 1. The molecule has 2 aromatic carbocycles. The van der Waals surface area contributed by atoms with Crippen molar-refractivity contribution in [2.45, 2.75) is 38.3 Å². The number of piperidine rings is 1. The van der Waals surface area contributed by atoms with Crippen LogP contribution >= 0.6 is 0 Å². The minimum Gasteiger partial charge on any atom is -0.497 e. The predicted molar refractivity (Wildman–Crippen MR) is 121 cm³/mol. The molecular formula is C24H28N4O4. The van der Waals surface area contributed by atoms with Crippen molar-refractivity contribution >= 4 is 28.4 Å². The zero-order chi connectivity index (χ0) is 22.7. The number of nitrogens with zero attached hydrogens (tertiary/aromatic N) is 3. The summed E-state index contributed by atoms with van der Waals surface area (Å²) in [6.07, 6.45) is 3.05. The van der Waals surface area contributed by atoms with Gasteiger partial charge in [0.05, 0.1) is 37.4 Å². The molecule has 1 aromatic heterocycles. The molecule has 2 heterocycles. The van der Waals surface area contributed by atoms with Crippen molar-refractivity contribution < 1.29 is 19.4 Å². The number of benzene rings is 2. The molecule has 0 spiro atoms. The Balaban J connectivity index is 1.38. The van der Waals surface area contributed by atoms with Gasteiger partial charge in [0.1, 0.15) is 5.75 Å². The van der Waals surface area contributed by atoms with Gasteiger partial charge in [0.25, 0.3) is 0 Å². The van der Waals surface area contributed by atoms with Crippen molar-refractivity contribution in [3.05, 3.63) is 54.2 Å². The number of ether oxygens (including phenoxy) is 1. The maximum Gasteiger partial charge on any atom is 0.226 e. The molecule has 1 saturated heterocycles. The number of carbonyl (C=O) groups excluding carboxylic acids is 2. The van der Waals surface area contributed by atoms with Crippen molar-refractivity contribution in [1.82, 2.24) is 14.7 Å². The standard InChI is InChI=1S/C24H28N4O4/c1-17(29)26-20-6-5-19-15-25-28(22(19)14-20)16-24(31)9-11-27(12-10-24)23(30)13-18-3-7-21(32-2)8-4-18/h3-8,14-15,31H,9-13,16H2,1-2H3,(H,26,29). The summed E-state index contributed by atoms with van der Waals surface area (Å²) in [5.41, 5.74) is 1.54. The lowest BCUT2D eigenvalue weighted by atomic mass is 9.91. The van der Waals surface area contributed by atoms with E-state index in [0.29, 0.717) is 44.6 Å². The molecule has 0 atom stereocenters. The van der Waals surface area contributed by atoms with E-state index < -0.39 is 5.60 Å². The summed E-state index contributed by atoms with van der Waals surface area (Å²) in [6.45, 7) is 2.80. The summed E-state index contributed by atoms with van der Waals surface area (Å²) in [7, 11) is 1.61. The van der Waals surface area contributed by atoms with Gasteiger partial charge in [0, 0.05) is 31.1 Å². The number of aliphatic hydroxyl groups is 1. The molecular weight excluding hydrogens is 408 g/mol. The highest BCUT2D eigenvalue weighted by molar-refractivity contribution is 5.92. The van der Waals surface area contributed by atoms with Gasteiger partial charge >= 0.3 is 0 Å². The topological polar surface area (TPSA) is 96.7 Å². The zero-order valence-electron chi connectivity index (χ0n) is 18.4. The summed E-state index contributed by atoms with van der Waals surface area (Å²) in [6, 6.07) is 13.1. The second-order valence-electron chi connectivity index (χ2n) is 8.39. The van der Waals surface area contributed by atoms with E-state index in [0.717, 1.165) is 22.2 Å². The van der Waals surface area contributed by atoms with Crippen LogP contribution in [0.15, 0.2) is 48.7 Å². The maximum absolute atomic E-state index is 12.7. The minimum absolute atomic E-state index is 0.0571. The van der Waals surface area contributed by atoms with Gasteiger partial charge in [-0.3, -0.25) is 14.3 Å². The lowest BCUT2D eigenvalue weighted by Crippen LogP contribution is -2.49. The molecule has 8 heteroatoms. The molecule has 0 aliphatic carbocycles. The van der Waals surface area contributed by atoms with E-state index in [2.05, 4.69) is 10.4 Å². The fraction of sp³-hybridized carbons (Fsp3) is 0.375. The molecule has 2 amide bonds. The smallest absolute Gasteiger partial charge is 0.226 e. The Hall–Kier alpha value is -3.39. The Morgan fingerprint density at radius 1 is 1.16 bits per heavy atom. The molecule has 2 N–H and O–H groups in total. The van der Waals surface area contributed by atoms with Crippen LogP contribution in [0.25, 0.3) is 10.9 Å². The molecule has 32 heavy (non-hydrogen) atoms. The van der Waals surface area contributed by atoms with Crippen LogP contribution in [0.4, 0.5) is 5.69 Å². The fourth-order valence-corrected chi connectivity index (χ4v) is 4.12. The maximum atomic E-state index is 12.7. The number of aromatic nitrogens is 2. The molecule has 3 aromatic rings. The fourth-order valence-electron chi connectivity index (χ4n) is 4.12. The Morgan fingerprint density at radius 3 is 2.53 bits per heavy atom. The van der Waals surface area contributed by atoms with Gasteiger partial charge in [-0.1, -0.05) is 12.1 Å². The van der Waals surface area contributed by atoms with Crippen LogP contribution in [-0.4, -0.2) is 57.4 Å². The van der Waals surface area contributed by atoms with Crippen LogP contribution in [0.2, 0.25) is 0 Å². The summed E-state index contributed by atoms with van der Waals surface area (Å²) in [5.74, 6) is 0.682. The number of carbonyl (C=O) groups is 2. The average Bonchev–Trinajstić information content (AvgIpc) is 3.15. The number of fused-ring (bicyclic) bond motifs is 1. The first kappa shape index (κ1) is 21.8. The Labute approximate surface area is 186 Å². The van der Waals surface area contributed by atoms with Crippen molar-refractivity contribution in [2.24, 2.45) is 0 Å². The van der Waals surface area contributed by atoms with Gasteiger partial charge in [-0.15, -0.1) is 0 Å². The third-order valence-corrected chi connectivity index (χ3v) is 5.97. The molecule has 1 aliphatic rings. The van der Waals surface area contributed by atoms with Crippen LogP contribution in [0.3, 0.4) is 0 Å². The third kappa shape index (κ3) is 4.91. The highest BCUT2D eigenvalue weighted by atomic mass is 16.5. The molecule has 168 valence electrons. The molecule has 0 bridgehead atoms. The van der Waals surface area contributed by atoms with Gasteiger partial charge in [-0.05, 0) is 48.7 Å². The van der Waals surface area contributed by atoms with E-state index in [1.54, 1.807) is 18.0 Å². The monoisotopic (exact) mass is 436 g/mol. The molecule has 1 aliphatic heterocycles. The molecule has 0 radical (unpaired) electrons. The van der Waals surface area contributed by atoms with Crippen LogP contribution in [0.1, 0.15) is 25.3 Å². The average molecular weight is 437 g/mol. The highest BCUT2D eigenvalue weighted by Crippen LogP contribution is 2.27. The lowest BCUT2D eigenvalue weighted by molar-refractivity contribution is -0.135. The molecule has 1 fully saturated rings. The summed E-state index contributed by atoms with van der Waals surface area (Å²) < 4.78 is 6.93. The van der Waals surface area contributed by atoms with Crippen LogP contribution in [-0.2, 0) is 22.6 Å². The number of methoxy groups -OCH3 is 1. The molecule has 0 saturated carbocycles. The van der Waals surface area contributed by atoms with E-state index in [4.69, 9.17) is 4.74 Å². The van der Waals surface area contributed by atoms with Crippen molar-refractivity contribution in [1.29, 1.82) is 0 Å². The highest BCUT2D eigenvalue weighted by Gasteiger charge is 2.34. The molecule has 0 unspecified atom stereocenters. The quantitative estimate of drug-likeness (QED) is 0.619. The first-order valence-electron chi connectivity index (χ1n) is 10.7. The number of rotatable bonds is 6. The summed E-state index contributed by atoms with van der Waals surface area (Å²) in [5, 5.41) is 19.3. The number of likely N-dealkylation sites (tertiary alicyclic amines) is 1. The lowest BCUT2D eigenvalue weighted by Gasteiger charge is -2.38. The second-order valence-corrected chi connectivity index (χ2v) is 8.39. The van der Waals surface area contributed by atoms with Gasteiger partial charge in [-0.25, -0.2) is 0 Å². The van der Waals surface area contributed by atoms with Gasteiger partial charge in [0.15, 0.2) is 0 Å². The van der Waals surface area contributed by atoms with Gasteiger partial charge < -0.3 is 20.1 Å². The molecule has 4 rings (SSSR count). The Morgan fingerprint density at radius 2 is 1.88 bits per heavy atom. The zero-order valence-corrected chi connectivity index (χ0v) is 18.4. The van der Waals surface area contributed by atoms with E-state index in [-0.39, 0.29) is 11.8 Å². The first-order valence-corrected chi connectivity index (χ1v) is 10.7. The number of hydrogen-bond donors (Lipinski definition) is 2. The Bertz CT molecular complexity index is 1110. The van der Waals surface area contributed by atoms with Crippen LogP contribution < -0.4 is 10.1 Å². The normalized spacial score (nSPS) is 15.5. The first-order chi connectivity index (χ1) is 15.3. The van der Waals surface area contributed by atoms with Gasteiger partial charge in [-0.2, -0.15) is 5.10 Å². The van der Waals surface area contributed by atoms with E-state index in [9.17, 15) is 14.7 Å². The predicted octanol–water partition coefficient (Wildman–Crippen LogP) is 2.60. The van der Waals surface area contributed by atoms with Crippen molar-refractivity contribution in [3.8, 4) is 5.75 Å². The SMILES string of the molecule is COc1ccc(CC(=O)N2CCC(O)(Cn3ncc4ccc(NC(C)=O)cc43)CC2)cc1. The minimum atomic E-state index is -0.945. The van der Waals surface area contributed by atoms with E-state index in [1.807, 2.05) is 47.4 Å². The largest absolute Gasteiger partial charge is 0.497 e. The Kier molecular flexibility index (Phi) is 6.14. The summed E-state index contributed by atoms with van der Waals surface area (Å²) in [4.78, 5) is 25.9. The molecule has 8 nitrogen and oxygen atoms in total. The van der Waals surface area contributed by atoms with Crippen LogP contribution in [0, 0.1) is 0 Å². The van der Waals surface area contributed by atoms with Crippen LogP contribution in [0.5, 0.6) is 5.75 Å². The second kappa shape index (κ2) is 9.00. The number of hydrogen-bond acceptors (Lipinski definition) is 5. The van der Waals surface area contributed by atoms with Crippen molar-refractivity contribution in [2.75, 3.05) is 25.5 Å². The van der Waals surface area contributed by atoms with Gasteiger partial charge in [0.2, 0.25) is 11.8 Å². The third-order valence-electron chi connectivity index (χ3n) is 5.97. The van der Waals surface area contributed by atoms with E-state index >= 15 is 0 Å². The number of amides is 2. The van der Waals surface area contributed by atoms with E-state index in [1.165, 1.54) is 6.92 Å².